The number of allylic oxidation sites excluding steroid dienone is 1. The highest BCUT2D eigenvalue weighted by molar-refractivity contribution is 7.00. The molecule has 2 aliphatic carbocycles. The van der Waals surface area contributed by atoms with Crippen molar-refractivity contribution in [2.24, 2.45) is 5.92 Å². The summed E-state index contributed by atoms with van der Waals surface area (Å²) in [5.74, 6) is -24.8. The SMILES string of the molecule is CC1=C[C@H]2[B-](c3c(F)c(F)c(F)c(F)c3F)(c3c(F)c(F)c(F)c(F)c3F)[N+]3(CCCCC3)[C@]23CCCC[C@@H]3C1. The van der Waals surface area contributed by atoms with Crippen LogP contribution in [0.3, 0.4) is 0 Å². The highest BCUT2D eigenvalue weighted by Crippen LogP contribution is 2.69. The quantitative estimate of drug-likeness (QED) is 0.121. The van der Waals surface area contributed by atoms with Gasteiger partial charge in [-0.05, 0) is 57.7 Å². The molecular weight excluding hydrogens is 551 g/mol. The van der Waals surface area contributed by atoms with Gasteiger partial charge < -0.3 is 4.39 Å². The molecule has 2 aromatic rings. The highest BCUT2D eigenvalue weighted by Gasteiger charge is 2.80. The molecule has 2 aromatic carbocycles. The van der Waals surface area contributed by atoms with E-state index in [9.17, 15) is 26.3 Å². The molecular formula is C28H26BF10N. The lowest BCUT2D eigenvalue weighted by atomic mass is 9.07. The van der Waals surface area contributed by atoms with E-state index in [4.69, 9.17) is 0 Å². The van der Waals surface area contributed by atoms with Crippen molar-refractivity contribution in [2.75, 3.05) is 13.1 Å². The first-order valence-corrected chi connectivity index (χ1v) is 13.6. The van der Waals surface area contributed by atoms with Crippen LogP contribution in [0, 0.1) is 64.1 Å². The summed E-state index contributed by atoms with van der Waals surface area (Å²) in [6, 6.07) is 0. The van der Waals surface area contributed by atoms with Gasteiger partial charge in [0.05, 0.1) is 0 Å². The van der Waals surface area contributed by atoms with Gasteiger partial charge in [-0.3, -0.25) is 0 Å². The predicted octanol–water partition coefficient (Wildman–Crippen LogP) is 6.80. The molecule has 0 bridgehead atoms. The fourth-order valence-corrected chi connectivity index (χ4v) is 9.84. The molecule has 2 spiro atoms. The second kappa shape index (κ2) is 9.00. The van der Waals surface area contributed by atoms with Crippen LogP contribution < -0.4 is 10.9 Å². The van der Waals surface area contributed by atoms with Gasteiger partial charge in [0.2, 0.25) is 0 Å². The van der Waals surface area contributed by atoms with E-state index in [1.54, 1.807) is 6.92 Å². The Morgan fingerprint density at radius 2 is 1.07 bits per heavy atom. The van der Waals surface area contributed by atoms with Crippen molar-refractivity contribution in [3.05, 3.63) is 69.8 Å². The Labute approximate surface area is 224 Å². The largest absolute Gasteiger partial charge is 0.504 e. The molecule has 0 N–H and O–H groups in total. The highest BCUT2D eigenvalue weighted by atomic mass is 19.2. The van der Waals surface area contributed by atoms with E-state index in [0.29, 0.717) is 50.5 Å². The normalized spacial score (nSPS) is 28.5. The smallest absolute Gasteiger partial charge is 0.288 e. The topological polar surface area (TPSA) is 0 Å². The molecule has 0 radical (unpaired) electrons. The lowest BCUT2D eigenvalue weighted by Gasteiger charge is -2.87. The van der Waals surface area contributed by atoms with Crippen molar-refractivity contribution in [1.29, 1.82) is 0 Å². The third-order valence-electron chi connectivity index (χ3n) is 10.8. The zero-order chi connectivity index (χ0) is 28.9. The molecule has 0 amide bonds. The zero-order valence-corrected chi connectivity index (χ0v) is 21.6. The van der Waals surface area contributed by atoms with E-state index >= 15 is 17.6 Å². The molecule has 0 unspecified atom stereocenters. The third-order valence-corrected chi connectivity index (χ3v) is 10.8. The van der Waals surface area contributed by atoms with Gasteiger partial charge in [-0.25, -0.2) is 43.9 Å². The number of hydrogen-bond acceptors (Lipinski definition) is 0. The van der Waals surface area contributed by atoms with Crippen molar-refractivity contribution in [1.82, 2.24) is 0 Å². The van der Waals surface area contributed by atoms with Crippen LogP contribution >= 0.6 is 0 Å². The van der Waals surface area contributed by atoms with Gasteiger partial charge in [0.15, 0.2) is 34.9 Å². The molecule has 12 heteroatoms. The molecule has 1 nitrogen and oxygen atoms in total. The van der Waals surface area contributed by atoms with E-state index in [1.807, 2.05) is 0 Å². The molecule has 1 saturated carbocycles. The van der Waals surface area contributed by atoms with Gasteiger partial charge in [-0.1, -0.05) is 22.9 Å². The van der Waals surface area contributed by atoms with Crippen LogP contribution in [0.1, 0.15) is 58.3 Å². The van der Waals surface area contributed by atoms with E-state index in [0.717, 1.165) is 6.42 Å². The van der Waals surface area contributed by atoms with Crippen molar-refractivity contribution < 1.29 is 48.3 Å². The van der Waals surface area contributed by atoms with Crippen molar-refractivity contribution in [3.63, 3.8) is 0 Å². The Hall–Kier alpha value is -2.50. The van der Waals surface area contributed by atoms with Gasteiger partial charge in [-0.2, -0.15) is 0 Å². The van der Waals surface area contributed by atoms with Crippen molar-refractivity contribution >= 4 is 17.2 Å². The Balaban J connectivity index is 1.86. The van der Waals surface area contributed by atoms with E-state index in [2.05, 4.69) is 0 Å². The number of quaternary nitrogens is 1. The van der Waals surface area contributed by atoms with E-state index < -0.39 is 91.1 Å². The van der Waals surface area contributed by atoms with Gasteiger partial charge >= 0.3 is 0 Å². The molecule has 3 atom stereocenters. The predicted molar refractivity (Wildman–Crippen MR) is 128 cm³/mol. The minimum Gasteiger partial charge on any atom is -0.504 e. The number of piperidine rings is 1. The number of nitrogens with zero attached hydrogens (tertiary/aromatic N) is 1. The lowest BCUT2D eigenvalue weighted by Crippen LogP contribution is -3.02. The fourth-order valence-electron chi connectivity index (χ4n) is 9.84. The van der Waals surface area contributed by atoms with E-state index in [-0.39, 0.29) is 19.0 Å². The van der Waals surface area contributed by atoms with Gasteiger partial charge in [-0.15, -0.1) is 6.08 Å². The van der Waals surface area contributed by atoms with Gasteiger partial charge in [0, 0.05) is 24.5 Å². The van der Waals surface area contributed by atoms with Crippen LogP contribution in [-0.4, -0.2) is 29.3 Å². The van der Waals surface area contributed by atoms with Crippen LogP contribution in [0.25, 0.3) is 0 Å². The molecule has 2 heterocycles. The molecule has 4 aliphatic rings. The fraction of sp³-hybridized carbons (Fsp3) is 0.500. The third kappa shape index (κ3) is 2.96. The average Bonchev–Trinajstić information content (AvgIpc) is 2.96. The molecule has 6 rings (SSSR count). The van der Waals surface area contributed by atoms with Crippen LogP contribution in [0.15, 0.2) is 11.6 Å². The molecule has 3 fully saturated rings. The Morgan fingerprint density at radius 1 is 0.625 bits per heavy atom. The minimum absolute atomic E-state index is 0.0406. The van der Waals surface area contributed by atoms with Crippen molar-refractivity contribution in [2.45, 2.75) is 69.6 Å². The van der Waals surface area contributed by atoms with Gasteiger partial charge in [0.25, 0.3) is 6.28 Å². The number of rotatable bonds is 2. The zero-order valence-electron chi connectivity index (χ0n) is 21.6. The van der Waals surface area contributed by atoms with Gasteiger partial charge in [0.1, 0.15) is 23.3 Å². The lowest BCUT2D eigenvalue weighted by molar-refractivity contribution is -0.924. The first-order chi connectivity index (χ1) is 18.9. The number of benzene rings is 2. The minimum atomic E-state index is -3.86. The average molecular weight is 577 g/mol. The second-order valence-electron chi connectivity index (χ2n) is 12.1. The molecule has 40 heavy (non-hydrogen) atoms. The van der Waals surface area contributed by atoms with Crippen LogP contribution in [0.2, 0.25) is 5.82 Å². The summed E-state index contributed by atoms with van der Waals surface area (Å²) in [6.07, 6.45) is 2.16. The van der Waals surface area contributed by atoms with Crippen LogP contribution in [-0.2, 0) is 0 Å². The summed E-state index contributed by atoms with van der Waals surface area (Å²) < 4.78 is 151. The molecule has 2 saturated heterocycles. The standard InChI is InChI=1S/C28H26BF10N/c1-13-11-14-7-3-4-8-28(14)15(12-13)29(40(28)9-5-2-6-10-40,16-18(30)22(34)26(38)23(35)19(16)31)17-20(32)24(36)27(39)25(37)21(17)33/h12,14-15H,2-11H2,1H3/t14-,15-,28+/m1/s1. The summed E-state index contributed by atoms with van der Waals surface area (Å²) in [4.78, 5) is 0. The Morgan fingerprint density at radius 3 is 1.55 bits per heavy atom. The molecule has 0 aromatic heterocycles. The number of hydrogen-bond donors (Lipinski definition) is 0. The first-order valence-electron chi connectivity index (χ1n) is 13.6. The Kier molecular flexibility index (Phi) is 6.22. The summed E-state index contributed by atoms with van der Waals surface area (Å²) in [7, 11) is 0. The molecule has 216 valence electrons. The van der Waals surface area contributed by atoms with Crippen molar-refractivity contribution in [3.8, 4) is 0 Å². The van der Waals surface area contributed by atoms with Crippen LogP contribution in [0.4, 0.5) is 43.9 Å². The maximum atomic E-state index is 15.9. The summed E-state index contributed by atoms with van der Waals surface area (Å²) >= 11 is 0. The van der Waals surface area contributed by atoms with Crippen LogP contribution in [0.5, 0.6) is 0 Å². The first kappa shape index (κ1) is 27.7. The summed E-state index contributed by atoms with van der Waals surface area (Å²) in [6.45, 7) is 1.77. The summed E-state index contributed by atoms with van der Waals surface area (Å²) in [5, 5.41) is 0. The maximum Gasteiger partial charge on any atom is 0.288 e. The second-order valence-corrected chi connectivity index (χ2v) is 12.1. The summed E-state index contributed by atoms with van der Waals surface area (Å²) in [5.41, 5.74) is -3.21. The van der Waals surface area contributed by atoms with E-state index in [1.165, 1.54) is 6.08 Å². The number of halogens is 10. The molecule has 2 aliphatic heterocycles. The monoisotopic (exact) mass is 577 g/mol. The maximum absolute atomic E-state index is 15.9. The Bertz CT molecular complexity index is 1340.